The van der Waals surface area contributed by atoms with E-state index in [0.29, 0.717) is 11.1 Å². The molecule has 0 atom stereocenters. The van der Waals surface area contributed by atoms with Gasteiger partial charge in [-0.05, 0) is 22.0 Å². The van der Waals surface area contributed by atoms with Gasteiger partial charge in [0.05, 0.1) is 9.35 Å². The molecule has 0 N–H and O–H groups in total. The van der Waals surface area contributed by atoms with E-state index in [1.165, 1.54) is 30.1 Å². The number of aromatic nitrogens is 2. The van der Waals surface area contributed by atoms with E-state index in [-0.39, 0.29) is 5.78 Å². The predicted molar refractivity (Wildman–Crippen MR) is 57.5 cm³/mol. The fourth-order valence-corrected chi connectivity index (χ4v) is 2.15. The third-order valence-electron chi connectivity index (χ3n) is 1.65. The van der Waals surface area contributed by atoms with Gasteiger partial charge in [-0.25, -0.2) is 9.97 Å². The second-order valence-electron chi connectivity index (χ2n) is 2.60. The maximum absolute atomic E-state index is 11.8. The molecule has 2 aromatic heterocycles. The van der Waals surface area contributed by atoms with E-state index < -0.39 is 0 Å². The number of rotatable bonds is 2. The Morgan fingerprint density at radius 1 is 1.29 bits per heavy atom. The van der Waals surface area contributed by atoms with Crippen molar-refractivity contribution in [3.8, 4) is 0 Å². The fraction of sp³-hybridized carbons (Fsp3) is 0. The Morgan fingerprint density at radius 2 is 2.00 bits per heavy atom. The standard InChI is InChI=1S/C9H5BrN2OS/c10-8-1-6(4-14-8)9(13)7-2-11-5-12-3-7/h1-5H. The summed E-state index contributed by atoms with van der Waals surface area (Å²) >= 11 is 4.79. The lowest BCUT2D eigenvalue weighted by atomic mass is 10.1. The highest BCUT2D eigenvalue weighted by molar-refractivity contribution is 9.11. The Hall–Kier alpha value is -1.07. The van der Waals surface area contributed by atoms with Gasteiger partial charge in [0.25, 0.3) is 0 Å². The minimum absolute atomic E-state index is 0.0486. The van der Waals surface area contributed by atoms with Gasteiger partial charge in [-0.2, -0.15) is 0 Å². The number of hydrogen-bond acceptors (Lipinski definition) is 4. The minimum atomic E-state index is -0.0486. The van der Waals surface area contributed by atoms with Crippen LogP contribution in [0, 0.1) is 0 Å². The third kappa shape index (κ3) is 1.88. The summed E-state index contributed by atoms with van der Waals surface area (Å²) in [5.74, 6) is -0.0486. The zero-order valence-corrected chi connectivity index (χ0v) is 9.38. The van der Waals surface area contributed by atoms with E-state index in [9.17, 15) is 4.79 Å². The molecule has 0 unspecified atom stereocenters. The molecule has 0 bridgehead atoms. The first-order chi connectivity index (χ1) is 6.77. The molecule has 0 spiro atoms. The van der Waals surface area contributed by atoms with Crippen LogP contribution in [0.1, 0.15) is 15.9 Å². The first kappa shape index (κ1) is 9.48. The van der Waals surface area contributed by atoms with Crippen molar-refractivity contribution in [2.75, 3.05) is 0 Å². The van der Waals surface area contributed by atoms with Crippen LogP contribution in [0.2, 0.25) is 0 Å². The fourth-order valence-electron chi connectivity index (χ4n) is 1.01. The molecule has 0 amide bonds. The zero-order chi connectivity index (χ0) is 9.97. The number of carbonyl (C=O) groups excluding carboxylic acids is 1. The normalized spacial score (nSPS) is 10.1. The van der Waals surface area contributed by atoms with Gasteiger partial charge in [0, 0.05) is 23.3 Å². The molecule has 0 aromatic carbocycles. The number of ketones is 1. The second-order valence-corrected chi connectivity index (χ2v) is 4.89. The van der Waals surface area contributed by atoms with Gasteiger partial charge in [-0.1, -0.05) is 0 Å². The lowest BCUT2D eigenvalue weighted by Crippen LogP contribution is -2.00. The molecule has 0 aliphatic rings. The molecule has 0 aliphatic carbocycles. The lowest BCUT2D eigenvalue weighted by molar-refractivity contribution is 0.103. The molecule has 0 radical (unpaired) electrons. The molecule has 14 heavy (non-hydrogen) atoms. The summed E-state index contributed by atoms with van der Waals surface area (Å²) in [5.41, 5.74) is 1.18. The summed E-state index contributed by atoms with van der Waals surface area (Å²) in [4.78, 5) is 19.4. The van der Waals surface area contributed by atoms with Crippen LogP contribution in [0.15, 0.2) is 34.0 Å². The Balaban J connectivity index is 2.34. The summed E-state index contributed by atoms with van der Waals surface area (Å²) in [6.45, 7) is 0. The van der Waals surface area contributed by atoms with Crippen molar-refractivity contribution in [2.45, 2.75) is 0 Å². The van der Waals surface area contributed by atoms with Crippen LogP contribution in [0.5, 0.6) is 0 Å². The molecular formula is C9H5BrN2OS. The summed E-state index contributed by atoms with van der Waals surface area (Å²) in [6.07, 6.45) is 4.43. The number of nitrogens with zero attached hydrogens (tertiary/aromatic N) is 2. The van der Waals surface area contributed by atoms with Gasteiger partial charge in [-0.3, -0.25) is 4.79 Å². The van der Waals surface area contributed by atoms with E-state index in [1.54, 1.807) is 11.4 Å². The quantitative estimate of drug-likeness (QED) is 0.787. The van der Waals surface area contributed by atoms with E-state index in [2.05, 4.69) is 25.9 Å². The second kappa shape index (κ2) is 3.98. The predicted octanol–water partition coefficient (Wildman–Crippen LogP) is 2.53. The Labute approximate surface area is 93.0 Å². The molecule has 70 valence electrons. The molecular weight excluding hydrogens is 264 g/mol. The molecule has 2 aromatic rings. The molecule has 2 heterocycles. The number of hydrogen-bond donors (Lipinski definition) is 0. The highest BCUT2D eigenvalue weighted by Gasteiger charge is 2.10. The topological polar surface area (TPSA) is 42.9 Å². The van der Waals surface area contributed by atoms with Gasteiger partial charge in [0.1, 0.15) is 6.33 Å². The van der Waals surface area contributed by atoms with Crippen molar-refractivity contribution >= 4 is 33.0 Å². The molecule has 0 saturated heterocycles. The van der Waals surface area contributed by atoms with E-state index in [1.807, 2.05) is 0 Å². The number of halogens is 1. The summed E-state index contributed by atoms with van der Waals surface area (Å²) in [6, 6.07) is 1.79. The average Bonchev–Trinajstić information content (AvgIpc) is 2.65. The monoisotopic (exact) mass is 268 g/mol. The molecule has 3 nitrogen and oxygen atoms in total. The SMILES string of the molecule is O=C(c1cncnc1)c1csc(Br)c1. The number of thiophene rings is 1. The van der Waals surface area contributed by atoms with Crippen LogP contribution >= 0.6 is 27.3 Å². The van der Waals surface area contributed by atoms with Crippen LogP contribution in [-0.2, 0) is 0 Å². The van der Waals surface area contributed by atoms with E-state index >= 15 is 0 Å². The molecule has 0 aliphatic heterocycles. The highest BCUT2D eigenvalue weighted by atomic mass is 79.9. The highest BCUT2D eigenvalue weighted by Crippen LogP contribution is 2.22. The van der Waals surface area contributed by atoms with Gasteiger partial charge in [0.2, 0.25) is 0 Å². The Kier molecular flexibility index (Phi) is 2.69. The van der Waals surface area contributed by atoms with Crippen molar-refractivity contribution < 1.29 is 4.79 Å². The van der Waals surface area contributed by atoms with Crippen molar-refractivity contribution in [3.63, 3.8) is 0 Å². The van der Waals surface area contributed by atoms with Crippen LogP contribution in [0.25, 0.3) is 0 Å². The minimum Gasteiger partial charge on any atom is -0.288 e. The Morgan fingerprint density at radius 3 is 2.57 bits per heavy atom. The average molecular weight is 269 g/mol. The smallest absolute Gasteiger partial charge is 0.197 e. The molecule has 0 saturated carbocycles. The van der Waals surface area contributed by atoms with Gasteiger partial charge in [-0.15, -0.1) is 11.3 Å². The summed E-state index contributed by atoms with van der Waals surface area (Å²) in [7, 11) is 0. The van der Waals surface area contributed by atoms with Crippen molar-refractivity contribution in [1.29, 1.82) is 0 Å². The van der Waals surface area contributed by atoms with Crippen LogP contribution in [0.3, 0.4) is 0 Å². The van der Waals surface area contributed by atoms with Gasteiger partial charge >= 0.3 is 0 Å². The Bertz CT molecular complexity index is 455. The lowest BCUT2D eigenvalue weighted by Gasteiger charge is -1.94. The first-order valence-corrected chi connectivity index (χ1v) is 5.48. The zero-order valence-electron chi connectivity index (χ0n) is 6.98. The van der Waals surface area contributed by atoms with Gasteiger partial charge in [0.15, 0.2) is 5.78 Å². The van der Waals surface area contributed by atoms with Crippen molar-refractivity contribution in [1.82, 2.24) is 9.97 Å². The first-order valence-electron chi connectivity index (χ1n) is 3.81. The van der Waals surface area contributed by atoms with Gasteiger partial charge < -0.3 is 0 Å². The summed E-state index contributed by atoms with van der Waals surface area (Å²) < 4.78 is 0.942. The molecule has 2 rings (SSSR count). The maximum atomic E-state index is 11.8. The third-order valence-corrected chi connectivity index (χ3v) is 3.16. The molecule has 0 fully saturated rings. The van der Waals surface area contributed by atoms with Crippen LogP contribution in [0.4, 0.5) is 0 Å². The van der Waals surface area contributed by atoms with E-state index in [0.717, 1.165) is 3.79 Å². The van der Waals surface area contributed by atoms with Crippen LogP contribution in [-0.4, -0.2) is 15.8 Å². The van der Waals surface area contributed by atoms with E-state index in [4.69, 9.17) is 0 Å². The van der Waals surface area contributed by atoms with Crippen molar-refractivity contribution in [2.24, 2.45) is 0 Å². The summed E-state index contributed by atoms with van der Waals surface area (Å²) in [5, 5.41) is 1.80. The molecule has 5 heteroatoms. The largest absolute Gasteiger partial charge is 0.288 e. The number of carbonyl (C=O) groups is 1. The maximum Gasteiger partial charge on any atom is 0.197 e. The van der Waals surface area contributed by atoms with Crippen molar-refractivity contribution in [3.05, 3.63) is 45.1 Å². The van der Waals surface area contributed by atoms with Crippen LogP contribution < -0.4 is 0 Å².